The first-order chi connectivity index (χ1) is 8.61. The Bertz CT molecular complexity index is 432. The Hall–Kier alpha value is -1.58. The third-order valence-corrected chi connectivity index (χ3v) is 3.14. The summed E-state index contributed by atoms with van der Waals surface area (Å²) < 4.78 is 5.21. The fraction of sp³-hybridized carbons (Fsp3) is 0.571. The Balaban J connectivity index is 2.08. The molecule has 0 aliphatic heterocycles. The van der Waals surface area contributed by atoms with Gasteiger partial charge in [-0.3, -0.25) is 0 Å². The predicted octanol–water partition coefficient (Wildman–Crippen LogP) is 2.86. The van der Waals surface area contributed by atoms with Crippen LogP contribution in [0.4, 0.5) is 5.82 Å². The molecular formula is C14H20N2O2. The maximum Gasteiger partial charge on any atom is 0.342 e. The fourth-order valence-corrected chi connectivity index (χ4v) is 2.01. The van der Waals surface area contributed by atoms with Crippen LogP contribution in [0.1, 0.15) is 44.0 Å². The van der Waals surface area contributed by atoms with Crippen molar-refractivity contribution in [3.8, 4) is 0 Å². The highest BCUT2D eigenvalue weighted by Crippen LogP contribution is 2.36. The van der Waals surface area contributed by atoms with E-state index >= 15 is 0 Å². The summed E-state index contributed by atoms with van der Waals surface area (Å²) in [4.78, 5) is 16.2. The average Bonchev–Trinajstić information content (AvgIpc) is 3.07. The standard InChI is InChI=1S/C14H20N2O2/c1-4-10-8-12(10)16-13-11(6-5-7-15-13)14(17)18-9(2)3/h5-7,9-10,12H,4,8H2,1-3H3,(H,15,16). The number of carbonyl (C=O) groups is 1. The number of ether oxygens (including phenoxy) is 1. The summed E-state index contributed by atoms with van der Waals surface area (Å²) >= 11 is 0. The van der Waals surface area contributed by atoms with Crippen LogP contribution in [0, 0.1) is 5.92 Å². The van der Waals surface area contributed by atoms with E-state index in [-0.39, 0.29) is 12.1 Å². The normalized spacial score (nSPS) is 21.8. The van der Waals surface area contributed by atoms with E-state index in [0.29, 0.717) is 23.3 Å². The largest absolute Gasteiger partial charge is 0.459 e. The maximum atomic E-state index is 11.9. The molecule has 0 aromatic carbocycles. The summed E-state index contributed by atoms with van der Waals surface area (Å²) in [7, 11) is 0. The molecule has 98 valence electrons. The van der Waals surface area contributed by atoms with Gasteiger partial charge in [-0.25, -0.2) is 9.78 Å². The van der Waals surface area contributed by atoms with Crippen LogP contribution in [-0.2, 0) is 4.74 Å². The fourth-order valence-electron chi connectivity index (χ4n) is 2.01. The van der Waals surface area contributed by atoms with E-state index in [1.165, 1.54) is 0 Å². The zero-order valence-electron chi connectivity index (χ0n) is 11.1. The van der Waals surface area contributed by atoms with E-state index in [1.807, 2.05) is 13.8 Å². The van der Waals surface area contributed by atoms with Crippen LogP contribution in [0.25, 0.3) is 0 Å². The lowest BCUT2D eigenvalue weighted by Gasteiger charge is -2.12. The third-order valence-electron chi connectivity index (χ3n) is 3.14. The number of esters is 1. The molecule has 1 saturated carbocycles. The van der Waals surface area contributed by atoms with Gasteiger partial charge in [0.2, 0.25) is 0 Å². The van der Waals surface area contributed by atoms with Gasteiger partial charge in [0.1, 0.15) is 11.4 Å². The summed E-state index contributed by atoms with van der Waals surface area (Å²) in [6, 6.07) is 3.96. The molecule has 1 aromatic heterocycles. The van der Waals surface area contributed by atoms with Crippen LogP contribution in [0.2, 0.25) is 0 Å². The molecular weight excluding hydrogens is 228 g/mol. The van der Waals surface area contributed by atoms with Gasteiger partial charge in [0.15, 0.2) is 0 Å². The predicted molar refractivity (Wildman–Crippen MR) is 70.6 cm³/mol. The summed E-state index contributed by atoms with van der Waals surface area (Å²) in [5.41, 5.74) is 0.521. The Labute approximate surface area is 108 Å². The van der Waals surface area contributed by atoms with Crippen molar-refractivity contribution < 1.29 is 9.53 Å². The van der Waals surface area contributed by atoms with Crippen molar-refractivity contribution >= 4 is 11.8 Å². The van der Waals surface area contributed by atoms with Gasteiger partial charge in [-0.2, -0.15) is 0 Å². The second-order valence-electron chi connectivity index (χ2n) is 5.01. The Morgan fingerprint density at radius 2 is 2.39 bits per heavy atom. The minimum Gasteiger partial charge on any atom is -0.459 e. The molecule has 0 saturated heterocycles. The molecule has 1 aromatic rings. The van der Waals surface area contributed by atoms with Crippen molar-refractivity contribution in [1.82, 2.24) is 4.98 Å². The van der Waals surface area contributed by atoms with Crippen LogP contribution in [0.5, 0.6) is 0 Å². The van der Waals surface area contributed by atoms with E-state index in [1.54, 1.807) is 18.3 Å². The lowest BCUT2D eigenvalue weighted by atomic mass is 10.2. The van der Waals surface area contributed by atoms with Crippen molar-refractivity contribution in [3.63, 3.8) is 0 Å². The maximum absolute atomic E-state index is 11.9. The van der Waals surface area contributed by atoms with Gasteiger partial charge >= 0.3 is 5.97 Å². The zero-order chi connectivity index (χ0) is 13.1. The van der Waals surface area contributed by atoms with Gasteiger partial charge < -0.3 is 10.1 Å². The Morgan fingerprint density at radius 1 is 1.61 bits per heavy atom. The molecule has 1 N–H and O–H groups in total. The molecule has 0 radical (unpaired) electrons. The minimum atomic E-state index is -0.311. The Kier molecular flexibility index (Phi) is 3.84. The third kappa shape index (κ3) is 3.00. The van der Waals surface area contributed by atoms with Crippen LogP contribution >= 0.6 is 0 Å². The number of anilines is 1. The number of hydrogen-bond donors (Lipinski definition) is 1. The molecule has 2 atom stereocenters. The van der Waals surface area contributed by atoms with E-state index in [4.69, 9.17) is 4.74 Å². The first kappa shape index (κ1) is 12.9. The van der Waals surface area contributed by atoms with E-state index in [2.05, 4.69) is 17.2 Å². The summed E-state index contributed by atoms with van der Waals surface area (Å²) in [6.07, 6.45) is 3.90. The topological polar surface area (TPSA) is 51.2 Å². The van der Waals surface area contributed by atoms with Crippen molar-refractivity contribution in [2.24, 2.45) is 5.92 Å². The Morgan fingerprint density at radius 3 is 3.00 bits per heavy atom. The summed E-state index contributed by atoms with van der Waals surface area (Å²) in [6.45, 7) is 5.86. The highest BCUT2D eigenvalue weighted by atomic mass is 16.5. The lowest BCUT2D eigenvalue weighted by Crippen LogP contribution is -2.16. The number of nitrogens with zero attached hydrogens (tertiary/aromatic N) is 1. The van der Waals surface area contributed by atoms with Gasteiger partial charge in [-0.05, 0) is 38.3 Å². The molecule has 0 amide bonds. The molecule has 0 spiro atoms. The molecule has 4 nitrogen and oxygen atoms in total. The molecule has 18 heavy (non-hydrogen) atoms. The smallest absolute Gasteiger partial charge is 0.342 e. The number of rotatable bonds is 5. The molecule has 1 aliphatic rings. The van der Waals surface area contributed by atoms with Crippen molar-refractivity contribution in [2.75, 3.05) is 5.32 Å². The van der Waals surface area contributed by atoms with Crippen LogP contribution in [0.15, 0.2) is 18.3 Å². The first-order valence-electron chi connectivity index (χ1n) is 6.54. The molecule has 4 heteroatoms. The van der Waals surface area contributed by atoms with E-state index in [0.717, 1.165) is 12.8 Å². The SMILES string of the molecule is CCC1CC1Nc1ncccc1C(=O)OC(C)C. The number of nitrogens with one attached hydrogen (secondary N) is 1. The van der Waals surface area contributed by atoms with Crippen LogP contribution in [0.3, 0.4) is 0 Å². The van der Waals surface area contributed by atoms with Crippen LogP contribution in [-0.4, -0.2) is 23.1 Å². The second kappa shape index (κ2) is 5.38. The molecule has 1 heterocycles. The monoisotopic (exact) mass is 248 g/mol. The minimum absolute atomic E-state index is 0.116. The van der Waals surface area contributed by atoms with Gasteiger partial charge in [0.25, 0.3) is 0 Å². The lowest BCUT2D eigenvalue weighted by molar-refractivity contribution is 0.0378. The van der Waals surface area contributed by atoms with Crippen LogP contribution < -0.4 is 5.32 Å². The van der Waals surface area contributed by atoms with Crippen molar-refractivity contribution in [3.05, 3.63) is 23.9 Å². The molecule has 1 aliphatic carbocycles. The quantitative estimate of drug-likeness (QED) is 0.814. The van der Waals surface area contributed by atoms with Gasteiger partial charge in [-0.1, -0.05) is 13.3 Å². The molecule has 1 fully saturated rings. The van der Waals surface area contributed by atoms with Gasteiger partial charge in [-0.15, -0.1) is 0 Å². The second-order valence-corrected chi connectivity index (χ2v) is 5.01. The van der Waals surface area contributed by atoms with Gasteiger partial charge in [0.05, 0.1) is 6.10 Å². The van der Waals surface area contributed by atoms with E-state index in [9.17, 15) is 4.79 Å². The molecule has 2 unspecified atom stereocenters. The van der Waals surface area contributed by atoms with E-state index < -0.39 is 0 Å². The number of carbonyl (C=O) groups excluding carboxylic acids is 1. The molecule has 0 bridgehead atoms. The summed E-state index contributed by atoms with van der Waals surface area (Å²) in [5.74, 6) is 1.04. The zero-order valence-corrected chi connectivity index (χ0v) is 11.1. The van der Waals surface area contributed by atoms with Gasteiger partial charge in [0, 0.05) is 12.2 Å². The first-order valence-corrected chi connectivity index (χ1v) is 6.54. The molecule has 2 rings (SSSR count). The number of pyridine rings is 1. The highest BCUT2D eigenvalue weighted by Gasteiger charge is 2.36. The van der Waals surface area contributed by atoms with Crippen molar-refractivity contribution in [2.45, 2.75) is 45.8 Å². The average molecular weight is 248 g/mol. The highest BCUT2D eigenvalue weighted by molar-refractivity contribution is 5.94. The van der Waals surface area contributed by atoms with Crippen molar-refractivity contribution in [1.29, 1.82) is 0 Å². The number of hydrogen-bond acceptors (Lipinski definition) is 4. The number of aromatic nitrogens is 1. The summed E-state index contributed by atoms with van der Waals surface area (Å²) in [5, 5.41) is 3.33.